The summed E-state index contributed by atoms with van der Waals surface area (Å²) in [4.78, 5) is 39.8. The Kier molecular flexibility index (Phi) is 4.18. The van der Waals surface area contributed by atoms with Gasteiger partial charge < -0.3 is 4.98 Å². The van der Waals surface area contributed by atoms with Crippen LogP contribution in [0.3, 0.4) is 0 Å². The molecule has 0 spiro atoms. The fourth-order valence-corrected chi connectivity index (χ4v) is 4.24. The lowest BCUT2D eigenvalue weighted by Gasteiger charge is -2.12. The monoisotopic (exact) mass is 411 g/mol. The summed E-state index contributed by atoms with van der Waals surface area (Å²) in [6.45, 7) is 1.93. The molecule has 5 rings (SSSR count). The van der Waals surface area contributed by atoms with Gasteiger partial charge in [0, 0.05) is 34.8 Å². The van der Waals surface area contributed by atoms with Gasteiger partial charge in [0.05, 0.1) is 16.1 Å². The summed E-state index contributed by atoms with van der Waals surface area (Å²) < 4.78 is 0. The van der Waals surface area contributed by atoms with Crippen molar-refractivity contribution in [3.8, 4) is 0 Å². The van der Waals surface area contributed by atoms with Crippen molar-refractivity contribution in [1.82, 2.24) is 10.3 Å². The normalized spacial score (nSPS) is 16.0. The highest BCUT2D eigenvalue weighted by Gasteiger charge is 2.35. The molecule has 2 heterocycles. The van der Waals surface area contributed by atoms with Crippen molar-refractivity contribution in [2.24, 2.45) is 0 Å². The maximum absolute atomic E-state index is 12.9. The number of hydrogen-bond acceptors (Lipinski definition) is 4. The number of aromatic amines is 1. The van der Waals surface area contributed by atoms with E-state index in [1.165, 1.54) is 12.1 Å². The molecule has 7 heteroatoms. The molecule has 0 saturated carbocycles. The van der Waals surface area contributed by atoms with Crippen molar-refractivity contribution >= 4 is 39.6 Å². The zero-order valence-electron chi connectivity index (χ0n) is 16.6. The zero-order chi connectivity index (χ0) is 21.7. The number of benzene rings is 2. The van der Waals surface area contributed by atoms with E-state index in [1.54, 1.807) is 12.3 Å². The summed E-state index contributed by atoms with van der Waals surface area (Å²) in [6.07, 6.45) is 5.95. The fraction of sp³-hybridized carbons (Fsp3) is 0.0833. The van der Waals surface area contributed by atoms with Crippen LogP contribution in [0.4, 0.5) is 5.69 Å². The Morgan fingerprint density at radius 3 is 2.55 bits per heavy atom. The van der Waals surface area contributed by atoms with E-state index in [0.717, 1.165) is 22.0 Å². The van der Waals surface area contributed by atoms with Crippen molar-refractivity contribution in [2.75, 3.05) is 0 Å². The summed E-state index contributed by atoms with van der Waals surface area (Å²) in [7, 11) is 0. The first-order chi connectivity index (χ1) is 14.9. The maximum Gasteiger partial charge on any atom is 0.269 e. The van der Waals surface area contributed by atoms with E-state index in [0.29, 0.717) is 28.7 Å². The first-order valence-electron chi connectivity index (χ1n) is 9.76. The van der Waals surface area contributed by atoms with Crippen molar-refractivity contribution in [3.05, 3.63) is 98.8 Å². The van der Waals surface area contributed by atoms with Crippen LogP contribution in [0.1, 0.15) is 23.6 Å². The molecule has 152 valence electrons. The van der Waals surface area contributed by atoms with Crippen LogP contribution in [-0.2, 0) is 16.0 Å². The van der Waals surface area contributed by atoms with Crippen molar-refractivity contribution < 1.29 is 14.5 Å². The standard InChI is InChI=1S/C24H17N3O4/c1-13-6-8-18(16-9-7-15(27(30)31)11-14(16)10-13)21-22(24(29)26-23(21)28)19-12-25-20-5-3-2-4-17(19)20/h2-9,11-12,25H,10H2,1H3,(H,26,28,29). The second-order valence-electron chi connectivity index (χ2n) is 7.65. The number of nitrogens with one attached hydrogen (secondary N) is 2. The topological polar surface area (TPSA) is 105 Å². The number of non-ortho nitro benzene ring substituents is 1. The summed E-state index contributed by atoms with van der Waals surface area (Å²) in [6, 6.07) is 12.2. The minimum atomic E-state index is -0.478. The third-order valence-corrected chi connectivity index (χ3v) is 5.65. The Morgan fingerprint density at radius 1 is 0.968 bits per heavy atom. The van der Waals surface area contributed by atoms with E-state index in [4.69, 9.17) is 0 Å². The number of amides is 2. The molecule has 31 heavy (non-hydrogen) atoms. The number of nitrogens with zero attached hydrogens (tertiary/aromatic N) is 1. The van der Waals surface area contributed by atoms with E-state index in [9.17, 15) is 19.7 Å². The van der Waals surface area contributed by atoms with Gasteiger partial charge >= 0.3 is 0 Å². The molecule has 0 fully saturated rings. The highest BCUT2D eigenvalue weighted by atomic mass is 16.6. The van der Waals surface area contributed by atoms with Gasteiger partial charge in [0.25, 0.3) is 17.5 Å². The highest BCUT2D eigenvalue weighted by Crippen LogP contribution is 2.39. The number of H-pyrrole nitrogens is 1. The number of para-hydroxylation sites is 1. The van der Waals surface area contributed by atoms with E-state index < -0.39 is 16.7 Å². The maximum atomic E-state index is 12.9. The Morgan fingerprint density at radius 2 is 1.74 bits per heavy atom. The average molecular weight is 411 g/mol. The minimum absolute atomic E-state index is 0.00872. The second kappa shape index (κ2) is 6.91. The molecule has 0 radical (unpaired) electrons. The number of fused-ring (bicyclic) bond motifs is 2. The molecule has 1 aliphatic heterocycles. The number of nitro groups is 1. The molecule has 1 aliphatic carbocycles. The SMILES string of the molecule is CC1=CC=C(C2=C(c3c[nH]c4ccccc34)C(=O)NC2=O)c2ccc([N+](=O)[O-])cc2C1. The molecular weight excluding hydrogens is 394 g/mol. The predicted octanol–water partition coefficient (Wildman–Crippen LogP) is 4.07. The van der Waals surface area contributed by atoms with E-state index >= 15 is 0 Å². The van der Waals surface area contributed by atoms with Crippen LogP contribution in [0.15, 0.2) is 72.0 Å². The van der Waals surface area contributed by atoms with E-state index in [1.807, 2.05) is 43.3 Å². The lowest BCUT2D eigenvalue weighted by atomic mass is 9.89. The van der Waals surface area contributed by atoms with Crippen LogP contribution in [0.5, 0.6) is 0 Å². The fourth-order valence-electron chi connectivity index (χ4n) is 4.24. The van der Waals surface area contributed by atoms with Crippen molar-refractivity contribution in [3.63, 3.8) is 0 Å². The Bertz CT molecular complexity index is 1410. The molecule has 2 amide bonds. The molecule has 0 saturated heterocycles. The van der Waals surface area contributed by atoms with Gasteiger partial charge in [0.1, 0.15) is 0 Å². The lowest BCUT2D eigenvalue weighted by molar-refractivity contribution is -0.384. The number of aromatic nitrogens is 1. The quantitative estimate of drug-likeness (QED) is 0.385. The van der Waals surface area contributed by atoms with Gasteiger partial charge in [-0.05, 0) is 42.2 Å². The van der Waals surface area contributed by atoms with E-state index in [2.05, 4.69) is 10.3 Å². The van der Waals surface area contributed by atoms with Crippen LogP contribution < -0.4 is 5.32 Å². The molecule has 0 bridgehead atoms. The Balaban J connectivity index is 1.78. The van der Waals surface area contributed by atoms with Crippen LogP contribution >= 0.6 is 0 Å². The summed E-state index contributed by atoms with van der Waals surface area (Å²) in [5, 5.41) is 14.5. The minimum Gasteiger partial charge on any atom is -0.361 e. The van der Waals surface area contributed by atoms with Gasteiger partial charge in [-0.3, -0.25) is 25.0 Å². The molecular formula is C24H17N3O4. The Labute approximate surface area is 176 Å². The van der Waals surface area contributed by atoms with Gasteiger partial charge in [0.2, 0.25) is 0 Å². The molecule has 1 aromatic heterocycles. The molecule has 2 N–H and O–H groups in total. The van der Waals surface area contributed by atoms with E-state index in [-0.39, 0.29) is 11.3 Å². The predicted molar refractivity (Wildman–Crippen MR) is 117 cm³/mol. The summed E-state index contributed by atoms with van der Waals surface area (Å²) in [5.41, 5.74) is 5.08. The van der Waals surface area contributed by atoms with Gasteiger partial charge in [0.15, 0.2) is 0 Å². The van der Waals surface area contributed by atoms with Crippen LogP contribution in [0.2, 0.25) is 0 Å². The van der Waals surface area contributed by atoms with Gasteiger partial charge in [-0.2, -0.15) is 0 Å². The van der Waals surface area contributed by atoms with Gasteiger partial charge in [-0.25, -0.2) is 0 Å². The first kappa shape index (κ1) is 18.7. The molecule has 0 atom stereocenters. The summed E-state index contributed by atoms with van der Waals surface area (Å²) >= 11 is 0. The number of rotatable bonds is 3. The molecule has 7 nitrogen and oxygen atoms in total. The molecule has 3 aromatic rings. The zero-order valence-corrected chi connectivity index (χ0v) is 16.6. The van der Waals surface area contributed by atoms with Crippen LogP contribution in [-0.4, -0.2) is 21.7 Å². The molecule has 2 aromatic carbocycles. The number of imide groups is 1. The smallest absolute Gasteiger partial charge is 0.269 e. The lowest BCUT2D eigenvalue weighted by Crippen LogP contribution is -2.23. The number of hydrogen-bond donors (Lipinski definition) is 2. The van der Waals surface area contributed by atoms with Crippen LogP contribution in [0, 0.1) is 10.1 Å². The van der Waals surface area contributed by atoms with Crippen molar-refractivity contribution in [1.29, 1.82) is 0 Å². The third kappa shape index (κ3) is 2.98. The largest absolute Gasteiger partial charge is 0.361 e. The third-order valence-electron chi connectivity index (χ3n) is 5.65. The Hall–Kier alpha value is -4.26. The van der Waals surface area contributed by atoms with Crippen molar-refractivity contribution in [2.45, 2.75) is 13.3 Å². The number of nitro benzene ring substituents is 1. The average Bonchev–Trinajstić information content (AvgIpc) is 3.23. The molecule has 0 unspecified atom stereocenters. The highest BCUT2D eigenvalue weighted by molar-refractivity contribution is 6.41. The van der Waals surface area contributed by atoms with Gasteiger partial charge in [-0.15, -0.1) is 0 Å². The number of carbonyl (C=O) groups excluding carboxylic acids is 2. The van der Waals surface area contributed by atoms with Crippen LogP contribution in [0.25, 0.3) is 22.0 Å². The molecule has 2 aliphatic rings. The number of allylic oxidation sites excluding steroid dienone is 3. The summed E-state index contributed by atoms with van der Waals surface area (Å²) in [5.74, 6) is -0.937. The van der Waals surface area contributed by atoms with Gasteiger partial charge in [-0.1, -0.05) is 35.9 Å². The first-order valence-corrected chi connectivity index (χ1v) is 9.76. The second-order valence-corrected chi connectivity index (χ2v) is 7.65. The number of carbonyl (C=O) groups is 2.